The molecule has 1 atom stereocenters. The molecular formula is C13H23BrN4. The molecule has 0 saturated heterocycles. The summed E-state index contributed by atoms with van der Waals surface area (Å²) >= 11 is 3.54. The number of aromatic nitrogens is 2. The highest BCUT2D eigenvalue weighted by atomic mass is 79.9. The number of rotatable bonds is 8. The Morgan fingerprint density at radius 1 is 1.17 bits per heavy atom. The number of anilines is 2. The molecule has 0 fully saturated rings. The van der Waals surface area contributed by atoms with E-state index in [1.54, 1.807) is 6.33 Å². The van der Waals surface area contributed by atoms with Gasteiger partial charge in [-0.05, 0) is 28.8 Å². The van der Waals surface area contributed by atoms with Crippen LogP contribution in [0.4, 0.5) is 11.6 Å². The summed E-state index contributed by atoms with van der Waals surface area (Å²) in [6.07, 6.45) is 7.61. The molecule has 0 radical (unpaired) electrons. The van der Waals surface area contributed by atoms with Gasteiger partial charge in [0.25, 0.3) is 0 Å². The summed E-state index contributed by atoms with van der Waals surface area (Å²) in [6, 6.07) is 0.492. The van der Waals surface area contributed by atoms with Gasteiger partial charge < -0.3 is 10.6 Å². The van der Waals surface area contributed by atoms with Crippen LogP contribution in [0.25, 0.3) is 0 Å². The van der Waals surface area contributed by atoms with E-state index in [-0.39, 0.29) is 0 Å². The highest BCUT2D eigenvalue weighted by molar-refractivity contribution is 9.10. The second-order valence-electron chi connectivity index (χ2n) is 4.41. The van der Waals surface area contributed by atoms with E-state index in [2.05, 4.69) is 50.4 Å². The molecule has 5 heteroatoms. The normalized spacial score (nSPS) is 12.2. The molecule has 102 valence electrons. The molecule has 1 aromatic rings. The summed E-state index contributed by atoms with van der Waals surface area (Å²) in [5, 5.41) is 6.57. The average molecular weight is 315 g/mol. The molecule has 0 aliphatic heterocycles. The third-order valence-corrected chi connectivity index (χ3v) is 3.66. The van der Waals surface area contributed by atoms with Gasteiger partial charge in [-0.3, -0.25) is 0 Å². The standard InChI is InChI=1S/C13H23BrN4/c1-4-6-8-10(7-5-2)18-13-11(14)12(15-3)16-9-17-13/h9-10H,4-8H2,1-3H3,(H2,15,16,17,18). The number of nitrogens with one attached hydrogen (secondary N) is 2. The molecular weight excluding hydrogens is 292 g/mol. The second kappa shape index (κ2) is 8.29. The van der Waals surface area contributed by atoms with Crippen molar-refractivity contribution in [3.63, 3.8) is 0 Å². The van der Waals surface area contributed by atoms with Crippen LogP contribution in [0, 0.1) is 0 Å². The lowest BCUT2D eigenvalue weighted by Gasteiger charge is -2.19. The van der Waals surface area contributed by atoms with Gasteiger partial charge in [-0.1, -0.05) is 33.1 Å². The largest absolute Gasteiger partial charge is 0.372 e. The molecule has 1 aromatic heterocycles. The van der Waals surface area contributed by atoms with Crippen LogP contribution >= 0.6 is 15.9 Å². The first kappa shape index (κ1) is 15.2. The smallest absolute Gasteiger partial charge is 0.146 e. The molecule has 0 saturated carbocycles. The lowest BCUT2D eigenvalue weighted by molar-refractivity contribution is 0.562. The van der Waals surface area contributed by atoms with E-state index < -0.39 is 0 Å². The minimum absolute atomic E-state index is 0.492. The van der Waals surface area contributed by atoms with Crippen LogP contribution in [-0.4, -0.2) is 23.1 Å². The number of nitrogens with zero attached hydrogens (tertiary/aromatic N) is 2. The molecule has 1 rings (SSSR count). The summed E-state index contributed by atoms with van der Waals surface area (Å²) in [7, 11) is 1.86. The quantitative estimate of drug-likeness (QED) is 0.760. The molecule has 2 N–H and O–H groups in total. The van der Waals surface area contributed by atoms with Crippen LogP contribution in [0.5, 0.6) is 0 Å². The van der Waals surface area contributed by atoms with Gasteiger partial charge in [0.2, 0.25) is 0 Å². The SMILES string of the molecule is CCCCC(CCC)Nc1ncnc(NC)c1Br. The fourth-order valence-corrected chi connectivity index (χ4v) is 2.44. The zero-order chi connectivity index (χ0) is 13.4. The van der Waals surface area contributed by atoms with Crippen molar-refractivity contribution in [2.45, 2.75) is 52.0 Å². The maximum absolute atomic E-state index is 4.31. The number of halogens is 1. The van der Waals surface area contributed by atoms with Crippen LogP contribution < -0.4 is 10.6 Å². The van der Waals surface area contributed by atoms with Crippen molar-refractivity contribution in [1.29, 1.82) is 0 Å². The van der Waals surface area contributed by atoms with Crippen molar-refractivity contribution in [2.75, 3.05) is 17.7 Å². The second-order valence-corrected chi connectivity index (χ2v) is 5.20. The highest BCUT2D eigenvalue weighted by Crippen LogP contribution is 2.27. The zero-order valence-corrected chi connectivity index (χ0v) is 13.0. The lowest BCUT2D eigenvalue weighted by Crippen LogP contribution is -2.20. The molecule has 1 heterocycles. The van der Waals surface area contributed by atoms with Gasteiger partial charge in [-0.15, -0.1) is 0 Å². The highest BCUT2D eigenvalue weighted by Gasteiger charge is 2.12. The summed E-state index contributed by atoms with van der Waals surface area (Å²) in [5.74, 6) is 1.70. The van der Waals surface area contributed by atoms with E-state index in [1.165, 1.54) is 32.1 Å². The third kappa shape index (κ3) is 4.44. The first-order chi connectivity index (χ1) is 8.72. The summed E-state index contributed by atoms with van der Waals surface area (Å²) in [4.78, 5) is 8.47. The number of hydrogen-bond donors (Lipinski definition) is 2. The van der Waals surface area contributed by atoms with Crippen LogP contribution in [0.1, 0.15) is 46.0 Å². The zero-order valence-electron chi connectivity index (χ0n) is 11.5. The Balaban J connectivity index is 2.73. The van der Waals surface area contributed by atoms with Gasteiger partial charge in [-0.25, -0.2) is 9.97 Å². The number of unbranched alkanes of at least 4 members (excludes halogenated alkanes) is 1. The minimum atomic E-state index is 0.492. The fourth-order valence-electron chi connectivity index (χ4n) is 1.93. The van der Waals surface area contributed by atoms with E-state index in [0.717, 1.165) is 16.1 Å². The van der Waals surface area contributed by atoms with E-state index in [9.17, 15) is 0 Å². The molecule has 0 bridgehead atoms. The van der Waals surface area contributed by atoms with Gasteiger partial charge in [-0.2, -0.15) is 0 Å². The van der Waals surface area contributed by atoms with Crippen LogP contribution in [-0.2, 0) is 0 Å². The van der Waals surface area contributed by atoms with Crippen molar-refractivity contribution in [2.24, 2.45) is 0 Å². The van der Waals surface area contributed by atoms with Gasteiger partial charge in [0.15, 0.2) is 0 Å². The Bertz CT molecular complexity index is 357. The molecule has 0 aromatic carbocycles. The summed E-state index contributed by atoms with van der Waals surface area (Å²) < 4.78 is 0.908. The van der Waals surface area contributed by atoms with Crippen molar-refractivity contribution in [3.05, 3.63) is 10.8 Å². The van der Waals surface area contributed by atoms with Crippen LogP contribution in [0.3, 0.4) is 0 Å². The molecule has 0 spiro atoms. The topological polar surface area (TPSA) is 49.8 Å². The van der Waals surface area contributed by atoms with Crippen LogP contribution in [0.2, 0.25) is 0 Å². The van der Waals surface area contributed by atoms with E-state index in [1.807, 2.05) is 7.05 Å². The molecule has 0 amide bonds. The molecule has 18 heavy (non-hydrogen) atoms. The van der Waals surface area contributed by atoms with Gasteiger partial charge in [0.05, 0.1) is 0 Å². The minimum Gasteiger partial charge on any atom is -0.372 e. The predicted octanol–water partition coefficient (Wildman–Crippen LogP) is 4.05. The summed E-state index contributed by atoms with van der Waals surface area (Å²) in [5.41, 5.74) is 0. The van der Waals surface area contributed by atoms with E-state index in [4.69, 9.17) is 0 Å². The van der Waals surface area contributed by atoms with Gasteiger partial charge in [0.1, 0.15) is 22.4 Å². The maximum Gasteiger partial charge on any atom is 0.146 e. The summed E-state index contributed by atoms with van der Waals surface area (Å²) in [6.45, 7) is 4.44. The molecule has 0 aliphatic carbocycles. The number of hydrogen-bond acceptors (Lipinski definition) is 4. The maximum atomic E-state index is 4.31. The van der Waals surface area contributed by atoms with Crippen molar-refractivity contribution in [1.82, 2.24) is 9.97 Å². The predicted molar refractivity (Wildman–Crippen MR) is 81.1 cm³/mol. The van der Waals surface area contributed by atoms with Crippen LogP contribution in [0.15, 0.2) is 10.8 Å². The van der Waals surface area contributed by atoms with Crippen molar-refractivity contribution in [3.8, 4) is 0 Å². The Hall–Kier alpha value is -0.840. The van der Waals surface area contributed by atoms with Gasteiger partial charge >= 0.3 is 0 Å². The monoisotopic (exact) mass is 314 g/mol. The Kier molecular flexibility index (Phi) is 7.01. The first-order valence-electron chi connectivity index (χ1n) is 6.67. The molecule has 1 unspecified atom stereocenters. The Morgan fingerprint density at radius 3 is 2.50 bits per heavy atom. The lowest BCUT2D eigenvalue weighted by atomic mass is 10.1. The fraction of sp³-hybridized carbons (Fsp3) is 0.692. The van der Waals surface area contributed by atoms with Crippen molar-refractivity contribution < 1.29 is 0 Å². The van der Waals surface area contributed by atoms with E-state index in [0.29, 0.717) is 6.04 Å². The van der Waals surface area contributed by atoms with E-state index >= 15 is 0 Å². The average Bonchev–Trinajstić information content (AvgIpc) is 2.38. The third-order valence-electron chi connectivity index (χ3n) is 2.91. The Labute approximate surface area is 118 Å². The van der Waals surface area contributed by atoms with Gasteiger partial charge in [0, 0.05) is 13.1 Å². The van der Waals surface area contributed by atoms with Crippen molar-refractivity contribution >= 4 is 27.6 Å². The molecule has 0 aliphatic rings. The first-order valence-corrected chi connectivity index (χ1v) is 7.46. The molecule has 4 nitrogen and oxygen atoms in total. The Morgan fingerprint density at radius 2 is 1.89 bits per heavy atom.